The largest absolute Gasteiger partial charge is 0.481 e. The predicted octanol–water partition coefficient (Wildman–Crippen LogP) is 2.39. The Morgan fingerprint density at radius 2 is 1.91 bits per heavy atom. The van der Waals surface area contributed by atoms with Crippen LogP contribution in [-0.2, 0) is 4.79 Å². The number of rotatable bonds is 6. The summed E-state index contributed by atoms with van der Waals surface area (Å²) in [5, 5.41) is 8.76. The van der Waals surface area contributed by atoms with Crippen molar-refractivity contribution in [1.29, 1.82) is 0 Å². The van der Waals surface area contributed by atoms with Crippen LogP contribution in [0.2, 0.25) is 0 Å². The molecule has 1 aromatic heterocycles. The zero-order chi connectivity index (χ0) is 16.8. The minimum Gasteiger partial charge on any atom is -0.481 e. The van der Waals surface area contributed by atoms with Crippen LogP contribution in [-0.4, -0.2) is 44.9 Å². The van der Waals surface area contributed by atoms with Gasteiger partial charge in [-0.05, 0) is 13.8 Å². The summed E-state index contributed by atoms with van der Waals surface area (Å²) in [7, 11) is 0. The number of amides is 1. The van der Waals surface area contributed by atoms with Crippen molar-refractivity contribution in [1.82, 2.24) is 14.9 Å². The molecule has 0 aliphatic carbocycles. The summed E-state index contributed by atoms with van der Waals surface area (Å²) in [5.74, 6) is -0.609. The number of carboxylic acids is 1. The molecule has 1 amide bonds. The summed E-state index contributed by atoms with van der Waals surface area (Å²) >= 11 is 0. The van der Waals surface area contributed by atoms with Crippen molar-refractivity contribution < 1.29 is 14.7 Å². The van der Waals surface area contributed by atoms with Crippen LogP contribution in [0.25, 0.3) is 11.4 Å². The fourth-order valence-corrected chi connectivity index (χ4v) is 2.21. The number of carbonyl (C=O) groups excluding carboxylic acids is 1. The van der Waals surface area contributed by atoms with Gasteiger partial charge in [0, 0.05) is 24.8 Å². The fraction of sp³-hybridized carbons (Fsp3) is 0.294. The summed E-state index contributed by atoms with van der Waals surface area (Å²) in [4.78, 5) is 33.4. The van der Waals surface area contributed by atoms with Crippen LogP contribution in [0.5, 0.6) is 0 Å². The van der Waals surface area contributed by atoms with Gasteiger partial charge in [-0.25, -0.2) is 9.97 Å². The van der Waals surface area contributed by atoms with Crippen molar-refractivity contribution in [2.45, 2.75) is 20.3 Å². The zero-order valence-corrected chi connectivity index (χ0v) is 13.2. The summed E-state index contributed by atoms with van der Waals surface area (Å²) in [6, 6.07) is 9.52. The van der Waals surface area contributed by atoms with E-state index < -0.39 is 5.97 Å². The second-order valence-corrected chi connectivity index (χ2v) is 5.09. The predicted molar refractivity (Wildman–Crippen MR) is 86.0 cm³/mol. The quantitative estimate of drug-likeness (QED) is 0.885. The smallest absolute Gasteiger partial charge is 0.305 e. The highest BCUT2D eigenvalue weighted by molar-refractivity contribution is 5.95. The Bertz CT molecular complexity index is 701. The lowest BCUT2D eigenvalue weighted by Gasteiger charge is -2.20. The molecule has 1 heterocycles. The number of carbonyl (C=O) groups is 2. The van der Waals surface area contributed by atoms with Gasteiger partial charge in [-0.2, -0.15) is 0 Å². The maximum absolute atomic E-state index is 12.5. The van der Waals surface area contributed by atoms with E-state index >= 15 is 0 Å². The zero-order valence-electron chi connectivity index (χ0n) is 13.2. The minimum absolute atomic E-state index is 0.0818. The van der Waals surface area contributed by atoms with Crippen molar-refractivity contribution >= 4 is 11.9 Å². The van der Waals surface area contributed by atoms with Gasteiger partial charge in [0.2, 0.25) is 0 Å². The number of aryl methyl sites for hydroxylation is 1. The van der Waals surface area contributed by atoms with Gasteiger partial charge in [0.15, 0.2) is 5.82 Å². The first-order valence-electron chi connectivity index (χ1n) is 7.43. The van der Waals surface area contributed by atoms with E-state index in [0.717, 1.165) is 5.56 Å². The average molecular weight is 313 g/mol. The Morgan fingerprint density at radius 3 is 2.48 bits per heavy atom. The topological polar surface area (TPSA) is 83.4 Å². The van der Waals surface area contributed by atoms with Crippen molar-refractivity contribution in [2.24, 2.45) is 0 Å². The third-order valence-corrected chi connectivity index (χ3v) is 3.51. The molecule has 6 heteroatoms. The lowest BCUT2D eigenvalue weighted by Crippen LogP contribution is -2.33. The van der Waals surface area contributed by atoms with E-state index in [1.807, 2.05) is 37.3 Å². The van der Waals surface area contributed by atoms with Crippen LogP contribution in [0.15, 0.2) is 36.5 Å². The lowest BCUT2D eigenvalue weighted by molar-refractivity contribution is -0.137. The molecule has 2 aromatic rings. The van der Waals surface area contributed by atoms with Crippen LogP contribution in [0.4, 0.5) is 0 Å². The number of hydrogen-bond donors (Lipinski definition) is 1. The number of carboxylic acid groups (broad SMARTS) is 1. The molecular formula is C17H19N3O3. The monoisotopic (exact) mass is 313 g/mol. The van der Waals surface area contributed by atoms with E-state index in [1.54, 1.807) is 6.92 Å². The number of aromatic nitrogens is 2. The number of aliphatic carboxylic acids is 1. The summed E-state index contributed by atoms with van der Waals surface area (Å²) in [6.07, 6.45) is 1.43. The molecule has 0 aliphatic heterocycles. The van der Waals surface area contributed by atoms with Crippen LogP contribution >= 0.6 is 0 Å². The molecule has 23 heavy (non-hydrogen) atoms. The van der Waals surface area contributed by atoms with Gasteiger partial charge in [0.05, 0.1) is 17.7 Å². The normalized spacial score (nSPS) is 10.3. The Kier molecular flexibility index (Phi) is 5.41. The lowest BCUT2D eigenvalue weighted by atomic mass is 10.1. The molecule has 0 spiro atoms. The van der Waals surface area contributed by atoms with Gasteiger partial charge in [0.25, 0.3) is 5.91 Å². The van der Waals surface area contributed by atoms with E-state index in [4.69, 9.17) is 5.11 Å². The Morgan fingerprint density at radius 1 is 1.22 bits per heavy atom. The number of hydrogen-bond acceptors (Lipinski definition) is 4. The Hall–Kier alpha value is -2.76. The maximum Gasteiger partial charge on any atom is 0.305 e. The van der Waals surface area contributed by atoms with E-state index in [-0.39, 0.29) is 18.9 Å². The Labute approximate surface area is 134 Å². The van der Waals surface area contributed by atoms with Crippen molar-refractivity contribution in [3.63, 3.8) is 0 Å². The first-order chi connectivity index (χ1) is 11.0. The van der Waals surface area contributed by atoms with Crippen LogP contribution in [0.1, 0.15) is 29.4 Å². The summed E-state index contributed by atoms with van der Waals surface area (Å²) in [5.41, 5.74) is 1.86. The highest BCUT2D eigenvalue weighted by Gasteiger charge is 2.19. The number of benzene rings is 1. The van der Waals surface area contributed by atoms with E-state index in [0.29, 0.717) is 23.6 Å². The molecule has 120 valence electrons. The van der Waals surface area contributed by atoms with Gasteiger partial charge in [0.1, 0.15) is 0 Å². The molecule has 0 atom stereocenters. The first kappa shape index (κ1) is 16.6. The SMILES string of the molecule is CCN(CCC(=O)O)C(=O)c1cnc(-c2ccccc2)nc1C. The molecule has 0 fully saturated rings. The molecule has 2 rings (SSSR count). The molecule has 0 unspecified atom stereocenters. The standard InChI is InChI=1S/C17H19N3O3/c1-3-20(10-9-15(21)22)17(23)14-11-18-16(19-12(14)2)13-7-5-4-6-8-13/h4-8,11H,3,9-10H2,1-2H3,(H,21,22). The highest BCUT2D eigenvalue weighted by Crippen LogP contribution is 2.16. The van der Waals surface area contributed by atoms with Gasteiger partial charge in [-0.15, -0.1) is 0 Å². The molecule has 0 radical (unpaired) electrons. The van der Waals surface area contributed by atoms with Gasteiger partial charge in [-0.3, -0.25) is 9.59 Å². The molecule has 0 saturated carbocycles. The molecule has 0 aliphatic rings. The van der Waals surface area contributed by atoms with Gasteiger partial charge in [-0.1, -0.05) is 30.3 Å². The van der Waals surface area contributed by atoms with Crippen molar-refractivity contribution in [3.8, 4) is 11.4 Å². The molecule has 6 nitrogen and oxygen atoms in total. The van der Waals surface area contributed by atoms with Crippen LogP contribution in [0, 0.1) is 6.92 Å². The van der Waals surface area contributed by atoms with Crippen molar-refractivity contribution in [2.75, 3.05) is 13.1 Å². The van der Waals surface area contributed by atoms with E-state index in [9.17, 15) is 9.59 Å². The summed E-state index contributed by atoms with van der Waals surface area (Å²) < 4.78 is 0. The third-order valence-electron chi connectivity index (χ3n) is 3.51. The molecule has 0 saturated heterocycles. The number of nitrogens with zero attached hydrogens (tertiary/aromatic N) is 3. The molecule has 1 aromatic carbocycles. The first-order valence-corrected chi connectivity index (χ1v) is 7.43. The second-order valence-electron chi connectivity index (χ2n) is 5.09. The van der Waals surface area contributed by atoms with Crippen LogP contribution in [0.3, 0.4) is 0 Å². The third kappa shape index (κ3) is 4.12. The minimum atomic E-state index is -0.927. The van der Waals surface area contributed by atoms with Crippen molar-refractivity contribution in [3.05, 3.63) is 47.8 Å². The fourth-order valence-electron chi connectivity index (χ4n) is 2.21. The molecule has 0 bridgehead atoms. The maximum atomic E-state index is 12.5. The van der Waals surface area contributed by atoms with Gasteiger partial charge < -0.3 is 10.0 Å². The van der Waals surface area contributed by atoms with E-state index in [1.165, 1.54) is 11.1 Å². The van der Waals surface area contributed by atoms with E-state index in [2.05, 4.69) is 9.97 Å². The molecular weight excluding hydrogens is 294 g/mol. The van der Waals surface area contributed by atoms with Crippen LogP contribution < -0.4 is 0 Å². The Balaban J connectivity index is 2.22. The second kappa shape index (κ2) is 7.49. The highest BCUT2D eigenvalue weighted by atomic mass is 16.4. The van der Waals surface area contributed by atoms with Gasteiger partial charge >= 0.3 is 5.97 Å². The summed E-state index contributed by atoms with van der Waals surface area (Å²) in [6.45, 7) is 4.18. The molecule has 1 N–H and O–H groups in total. The average Bonchev–Trinajstić information content (AvgIpc) is 2.55.